The van der Waals surface area contributed by atoms with Crippen LogP contribution in [-0.4, -0.2) is 26.1 Å². The lowest BCUT2D eigenvalue weighted by atomic mass is 10.1. The summed E-state index contributed by atoms with van der Waals surface area (Å²) in [6, 6.07) is 3.57. The van der Waals surface area contributed by atoms with Crippen molar-refractivity contribution in [3.8, 4) is 5.75 Å². The summed E-state index contributed by atoms with van der Waals surface area (Å²) in [7, 11) is 0. The molecule has 0 aliphatic rings. The van der Waals surface area contributed by atoms with Crippen molar-refractivity contribution in [1.82, 2.24) is 4.98 Å². The van der Waals surface area contributed by atoms with Crippen LogP contribution in [0.2, 0.25) is 0 Å². The van der Waals surface area contributed by atoms with Gasteiger partial charge in [-0.1, -0.05) is 15.9 Å². The number of fused-ring (bicyclic) bond motifs is 1. The first-order chi connectivity index (χ1) is 8.40. The van der Waals surface area contributed by atoms with E-state index in [1.165, 1.54) is 12.1 Å². The van der Waals surface area contributed by atoms with Gasteiger partial charge < -0.3 is 10.2 Å². The highest BCUT2D eigenvalue weighted by molar-refractivity contribution is 9.10. The molecule has 0 saturated heterocycles. The number of hydrogen-bond acceptors (Lipinski definition) is 5. The first kappa shape index (κ1) is 12.2. The minimum absolute atomic E-state index is 0.112. The SMILES string of the molecule is O=C(O)c1cc(O)c2cc(Br)cc([N+](=O)[O-])c2n1. The van der Waals surface area contributed by atoms with Gasteiger partial charge in [0.05, 0.1) is 10.3 Å². The normalized spacial score (nSPS) is 10.5. The van der Waals surface area contributed by atoms with Crippen LogP contribution in [0.3, 0.4) is 0 Å². The number of carbonyl (C=O) groups is 1. The quantitative estimate of drug-likeness (QED) is 0.649. The molecule has 0 atom stereocenters. The summed E-state index contributed by atoms with van der Waals surface area (Å²) >= 11 is 3.07. The van der Waals surface area contributed by atoms with Gasteiger partial charge in [-0.2, -0.15) is 0 Å². The molecule has 2 N–H and O–H groups in total. The third-order valence-corrected chi connectivity index (χ3v) is 2.71. The Labute approximate surface area is 108 Å². The van der Waals surface area contributed by atoms with Gasteiger partial charge in [-0.3, -0.25) is 10.1 Å². The predicted octanol–water partition coefficient (Wildman–Crippen LogP) is 2.31. The van der Waals surface area contributed by atoms with Crippen LogP contribution in [-0.2, 0) is 0 Å². The minimum Gasteiger partial charge on any atom is -0.507 e. The fourth-order valence-electron chi connectivity index (χ4n) is 1.51. The first-order valence-electron chi connectivity index (χ1n) is 4.61. The molecule has 1 aromatic carbocycles. The van der Waals surface area contributed by atoms with Gasteiger partial charge in [-0.05, 0) is 6.07 Å². The molecule has 0 unspecified atom stereocenters. The zero-order chi connectivity index (χ0) is 13.4. The van der Waals surface area contributed by atoms with Crippen LogP contribution in [0.1, 0.15) is 10.5 Å². The number of rotatable bonds is 2. The number of carboxylic acids is 1. The second-order valence-electron chi connectivity index (χ2n) is 3.41. The zero-order valence-corrected chi connectivity index (χ0v) is 10.2. The zero-order valence-electron chi connectivity index (χ0n) is 8.62. The van der Waals surface area contributed by atoms with Crippen molar-refractivity contribution in [3.05, 3.63) is 38.5 Å². The van der Waals surface area contributed by atoms with E-state index in [1.807, 2.05) is 0 Å². The summed E-state index contributed by atoms with van der Waals surface area (Å²) in [5.74, 6) is -1.74. The summed E-state index contributed by atoms with van der Waals surface area (Å²) in [5, 5.41) is 29.5. The predicted molar refractivity (Wildman–Crippen MR) is 64.7 cm³/mol. The molecule has 1 aromatic heterocycles. The van der Waals surface area contributed by atoms with Gasteiger partial charge in [0.1, 0.15) is 5.75 Å². The van der Waals surface area contributed by atoms with Crippen LogP contribution in [0.4, 0.5) is 5.69 Å². The van der Waals surface area contributed by atoms with Crippen LogP contribution in [0.5, 0.6) is 5.75 Å². The van der Waals surface area contributed by atoms with Gasteiger partial charge in [0.15, 0.2) is 11.2 Å². The van der Waals surface area contributed by atoms with Crippen molar-refractivity contribution in [1.29, 1.82) is 0 Å². The minimum atomic E-state index is -1.37. The summed E-state index contributed by atoms with van der Waals surface area (Å²) < 4.78 is 0.391. The highest BCUT2D eigenvalue weighted by Crippen LogP contribution is 2.33. The highest BCUT2D eigenvalue weighted by atomic mass is 79.9. The smallest absolute Gasteiger partial charge is 0.354 e. The molecule has 7 nitrogen and oxygen atoms in total. The molecule has 0 spiro atoms. The molecule has 0 fully saturated rings. The first-order valence-corrected chi connectivity index (χ1v) is 5.40. The third-order valence-electron chi connectivity index (χ3n) is 2.25. The van der Waals surface area contributed by atoms with Crippen molar-refractivity contribution in [2.75, 3.05) is 0 Å². The number of nitro benzene ring substituents is 1. The Bertz CT molecular complexity index is 686. The van der Waals surface area contributed by atoms with Crippen molar-refractivity contribution >= 4 is 38.5 Å². The number of benzene rings is 1. The molecule has 92 valence electrons. The Morgan fingerprint density at radius 3 is 2.61 bits per heavy atom. The Balaban J connectivity index is 2.92. The number of carboxylic acid groups (broad SMARTS) is 1. The third kappa shape index (κ3) is 1.97. The van der Waals surface area contributed by atoms with Crippen LogP contribution < -0.4 is 0 Å². The largest absolute Gasteiger partial charge is 0.507 e. The maximum atomic E-state index is 10.9. The van der Waals surface area contributed by atoms with E-state index < -0.39 is 16.6 Å². The lowest BCUT2D eigenvalue weighted by Gasteiger charge is -2.04. The number of nitrogens with zero attached hydrogens (tertiary/aromatic N) is 2. The van der Waals surface area contributed by atoms with Crippen LogP contribution in [0.25, 0.3) is 10.9 Å². The van der Waals surface area contributed by atoms with Crippen LogP contribution in [0, 0.1) is 10.1 Å². The standard InChI is InChI=1S/C10H5BrN2O5/c11-4-1-5-8(14)3-6(10(15)16)12-9(5)7(2-4)13(17)18/h1-3H,(H,12,14)(H,15,16). The summed E-state index contributed by atoms with van der Waals surface area (Å²) in [4.78, 5) is 24.7. The number of non-ortho nitro benzene ring substituents is 1. The topological polar surface area (TPSA) is 114 Å². The molecule has 8 heteroatoms. The number of nitro groups is 1. The van der Waals surface area contributed by atoms with E-state index >= 15 is 0 Å². The average molecular weight is 313 g/mol. The average Bonchev–Trinajstić information content (AvgIpc) is 2.28. The van der Waals surface area contributed by atoms with Crippen molar-refractivity contribution < 1.29 is 19.9 Å². The number of halogens is 1. The van der Waals surface area contributed by atoms with Gasteiger partial charge in [0, 0.05) is 16.6 Å². The molecule has 0 amide bonds. The Hall–Kier alpha value is -2.22. The fraction of sp³-hybridized carbons (Fsp3) is 0. The summed E-state index contributed by atoms with van der Waals surface area (Å²) in [6.07, 6.45) is 0. The maximum absolute atomic E-state index is 10.9. The van der Waals surface area contributed by atoms with Gasteiger partial charge in [-0.25, -0.2) is 9.78 Å². The summed E-state index contributed by atoms with van der Waals surface area (Å²) in [6.45, 7) is 0. The molecule has 18 heavy (non-hydrogen) atoms. The number of pyridine rings is 1. The molecule has 0 aliphatic heterocycles. The van der Waals surface area contributed by atoms with Gasteiger partial charge in [0.25, 0.3) is 5.69 Å². The molecule has 0 aliphatic carbocycles. The van der Waals surface area contributed by atoms with Crippen molar-refractivity contribution in [2.45, 2.75) is 0 Å². The van der Waals surface area contributed by atoms with Gasteiger partial charge in [0.2, 0.25) is 0 Å². The molecule has 1 heterocycles. The van der Waals surface area contributed by atoms with E-state index in [4.69, 9.17) is 5.11 Å². The highest BCUT2D eigenvalue weighted by Gasteiger charge is 2.19. The monoisotopic (exact) mass is 312 g/mol. The van der Waals surface area contributed by atoms with Gasteiger partial charge in [-0.15, -0.1) is 0 Å². The number of hydrogen-bond donors (Lipinski definition) is 2. The second kappa shape index (κ2) is 4.22. The van der Waals surface area contributed by atoms with E-state index in [-0.39, 0.29) is 22.3 Å². The van der Waals surface area contributed by atoms with E-state index in [0.717, 1.165) is 6.07 Å². The number of aromatic nitrogens is 1. The number of aromatic carboxylic acids is 1. The van der Waals surface area contributed by atoms with Crippen molar-refractivity contribution in [3.63, 3.8) is 0 Å². The van der Waals surface area contributed by atoms with Crippen molar-refractivity contribution in [2.24, 2.45) is 0 Å². The molecule has 2 aromatic rings. The molecule has 2 rings (SSSR count). The maximum Gasteiger partial charge on any atom is 0.354 e. The summed E-state index contributed by atoms with van der Waals surface area (Å²) in [5.41, 5.74) is -0.996. The van der Waals surface area contributed by atoms with E-state index in [2.05, 4.69) is 20.9 Å². The second-order valence-corrected chi connectivity index (χ2v) is 4.33. The molecular formula is C10H5BrN2O5. The Morgan fingerprint density at radius 2 is 2.06 bits per heavy atom. The molecular weight excluding hydrogens is 308 g/mol. The lowest BCUT2D eigenvalue weighted by molar-refractivity contribution is -0.383. The van der Waals surface area contributed by atoms with Crippen LogP contribution in [0.15, 0.2) is 22.7 Å². The fourth-order valence-corrected chi connectivity index (χ4v) is 1.95. The Morgan fingerprint density at radius 1 is 1.39 bits per heavy atom. The number of aromatic hydroxyl groups is 1. The van der Waals surface area contributed by atoms with Gasteiger partial charge >= 0.3 is 5.97 Å². The molecule has 0 bridgehead atoms. The van der Waals surface area contributed by atoms with Crippen LogP contribution >= 0.6 is 15.9 Å². The molecule has 0 saturated carbocycles. The lowest BCUT2D eigenvalue weighted by Crippen LogP contribution is -2.01. The van der Waals surface area contributed by atoms with E-state index in [9.17, 15) is 20.0 Å². The molecule has 0 radical (unpaired) electrons. The Kier molecular flexibility index (Phi) is 2.87. The van der Waals surface area contributed by atoms with E-state index in [1.54, 1.807) is 0 Å². The van der Waals surface area contributed by atoms with E-state index in [0.29, 0.717) is 4.47 Å².